The normalized spacial score (nSPS) is 23.9. The Balaban J connectivity index is 0.00000169. The Bertz CT molecular complexity index is 268. The van der Waals surface area contributed by atoms with Gasteiger partial charge in [0.25, 0.3) is 10.2 Å². The molecule has 0 aliphatic carbocycles. The van der Waals surface area contributed by atoms with E-state index in [-0.39, 0.29) is 12.4 Å². The van der Waals surface area contributed by atoms with Crippen molar-refractivity contribution in [2.45, 2.75) is 12.5 Å². The molecular formula is C7H18ClN3O2S. The van der Waals surface area contributed by atoms with Crippen molar-refractivity contribution in [3.8, 4) is 0 Å². The number of hydrogen-bond donors (Lipinski definition) is 1. The molecule has 0 aromatic heterocycles. The molecule has 0 aromatic rings. The van der Waals surface area contributed by atoms with E-state index in [2.05, 4.69) is 5.32 Å². The predicted molar refractivity (Wildman–Crippen MR) is 58.9 cm³/mol. The fourth-order valence-electron chi connectivity index (χ4n) is 1.40. The monoisotopic (exact) mass is 243 g/mol. The van der Waals surface area contributed by atoms with Crippen LogP contribution in [0.3, 0.4) is 0 Å². The Morgan fingerprint density at radius 2 is 2.00 bits per heavy atom. The van der Waals surface area contributed by atoms with Gasteiger partial charge in [0, 0.05) is 33.2 Å². The maximum Gasteiger partial charge on any atom is 0.281 e. The molecule has 0 spiro atoms. The van der Waals surface area contributed by atoms with Gasteiger partial charge in [-0.15, -0.1) is 12.4 Å². The molecule has 86 valence electrons. The lowest BCUT2D eigenvalue weighted by Crippen LogP contribution is -2.40. The molecular weight excluding hydrogens is 226 g/mol. The van der Waals surface area contributed by atoms with E-state index in [0.717, 1.165) is 6.42 Å². The van der Waals surface area contributed by atoms with Crippen LogP contribution in [0.1, 0.15) is 6.42 Å². The lowest BCUT2D eigenvalue weighted by Gasteiger charge is -2.20. The molecule has 1 aliphatic heterocycles. The number of nitrogens with one attached hydrogen (secondary N) is 1. The predicted octanol–water partition coefficient (Wildman–Crippen LogP) is -0.492. The molecule has 1 unspecified atom stereocenters. The third-order valence-electron chi connectivity index (χ3n) is 2.35. The molecule has 0 saturated carbocycles. The van der Waals surface area contributed by atoms with E-state index in [1.54, 1.807) is 14.1 Å². The number of halogens is 1. The summed E-state index contributed by atoms with van der Waals surface area (Å²) in [4.78, 5) is 0. The highest BCUT2D eigenvalue weighted by molar-refractivity contribution is 7.86. The maximum atomic E-state index is 11.6. The van der Waals surface area contributed by atoms with Crippen molar-refractivity contribution in [1.82, 2.24) is 13.9 Å². The van der Waals surface area contributed by atoms with Gasteiger partial charge >= 0.3 is 0 Å². The molecule has 1 atom stereocenters. The number of hydrogen-bond acceptors (Lipinski definition) is 3. The van der Waals surface area contributed by atoms with Crippen LogP contribution in [0, 0.1) is 0 Å². The number of likely N-dealkylation sites (N-methyl/N-ethyl adjacent to an activating group) is 1. The molecule has 14 heavy (non-hydrogen) atoms. The quantitative estimate of drug-likeness (QED) is 0.728. The molecule has 0 bridgehead atoms. The summed E-state index contributed by atoms with van der Waals surface area (Å²) in [6.45, 7) is 1.20. The molecule has 1 saturated heterocycles. The first-order valence-electron chi connectivity index (χ1n) is 4.33. The number of nitrogens with zero attached hydrogens (tertiary/aromatic N) is 2. The summed E-state index contributed by atoms with van der Waals surface area (Å²) in [6.07, 6.45) is 0.892. The van der Waals surface area contributed by atoms with Crippen LogP contribution in [-0.2, 0) is 10.2 Å². The van der Waals surface area contributed by atoms with Crippen LogP contribution in [0.2, 0.25) is 0 Å². The molecule has 1 rings (SSSR count). The van der Waals surface area contributed by atoms with Gasteiger partial charge in [-0.2, -0.15) is 17.0 Å². The smallest absolute Gasteiger partial charge is 0.281 e. The summed E-state index contributed by atoms with van der Waals surface area (Å²) >= 11 is 0. The fraction of sp³-hybridized carbons (Fsp3) is 1.00. The highest BCUT2D eigenvalue weighted by atomic mass is 35.5. The minimum Gasteiger partial charge on any atom is -0.316 e. The summed E-state index contributed by atoms with van der Waals surface area (Å²) < 4.78 is 26.0. The van der Waals surface area contributed by atoms with E-state index in [9.17, 15) is 8.42 Å². The third-order valence-corrected chi connectivity index (χ3v) is 4.25. The van der Waals surface area contributed by atoms with E-state index in [4.69, 9.17) is 0 Å². The van der Waals surface area contributed by atoms with Crippen molar-refractivity contribution in [3.63, 3.8) is 0 Å². The molecule has 1 N–H and O–H groups in total. The van der Waals surface area contributed by atoms with Crippen molar-refractivity contribution in [1.29, 1.82) is 0 Å². The van der Waals surface area contributed by atoms with Crippen molar-refractivity contribution in [3.05, 3.63) is 0 Å². The molecule has 1 fully saturated rings. The molecule has 1 heterocycles. The second-order valence-electron chi connectivity index (χ2n) is 3.42. The highest BCUT2D eigenvalue weighted by Gasteiger charge is 2.31. The van der Waals surface area contributed by atoms with E-state index >= 15 is 0 Å². The first kappa shape index (κ1) is 14.1. The van der Waals surface area contributed by atoms with Gasteiger partial charge in [-0.25, -0.2) is 0 Å². The van der Waals surface area contributed by atoms with Gasteiger partial charge < -0.3 is 5.32 Å². The minimum atomic E-state index is -3.19. The summed E-state index contributed by atoms with van der Waals surface area (Å²) in [5.74, 6) is 0. The lowest BCUT2D eigenvalue weighted by atomic mass is 10.3. The van der Waals surface area contributed by atoms with E-state index in [1.807, 2.05) is 7.05 Å². The maximum absolute atomic E-state index is 11.6. The largest absolute Gasteiger partial charge is 0.316 e. The van der Waals surface area contributed by atoms with Gasteiger partial charge in [0.05, 0.1) is 0 Å². The van der Waals surface area contributed by atoms with Crippen molar-refractivity contribution in [2.75, 3.05) is 34.2 Å². The zero-order valence-corrected chi connectivity index (χ0v) is 10.4. The second kappa shape index (κ2) is 5.27. The molecule has 0 aromatic carbocycles. The van der Waals surface area contributed by atoms with Crippen LogP contribution < -0.4 is 5.32 Å². The van der Waals surface area contributed by atoms with Gasteiger partial charge in [0.1, 0.15) is 0 Å². The average Bonchev–Trinajstić information content (AvgIpc) is 2.51. The van der Waals surface area contributed by atoms with Crippen LogP contribution in [0.5, 0.6) is 0 Å². The third kappa shape index (κ3) is 2.80. The first-order chi connectivity index (χ1) is 5.98. The van der Waals surface area contributed by atoms with Crippen molar-refractivity contribution < 1.29 is 8.42 Å². The van der Waals surface area contributed by atoms with Crippen LogP contribution >= 0.6 is 12.4 Å². The van der Waals surface area contributed by atoms with Crippen LogP contribution in [0.25, 0.3) is 0 Å². The van der Waals surface area contributed by atoms with Gasteiger partial charge in [-0.05, 0) is 13.5 Å². The topological polar surface area (TPSA) is 52.7 Å². The Morgan fingerprint density at radius 3 is 2.36 bits per heavy atom. The molecule has 0 amide bonds. The molecule has 7 heteroatoms. The Labute approximate surface area is 92.0 Å². The van der Waals surface area contributed by atoms with Crippen molar-refractivity contribution in [2.24, 2.45) is 0 Å². The average molecular weight is 244 g/mol. The first-order valence-corrected chi connectivity index (χ1v) is 5.73. The number of rotatable bonds is 3. The van der Waals surface area contributed by atoms with E-state index < -0.39 is 10.2 Å². The standard InChI is InChI=1S/C7H17N3O2S.ClH/c1-8-7-4-5-10(6-7)13(11,12)9(2)3;/h7-8H,4-6H2,1-3H3;1H. The minimum absolute atomic E-state index is 0. The Hall–Kier alpha value is 0.120. The zero-order valence-electron chi connectivity index (χ0n) is 8.73. The van der Waals surface area contributed by atoms with Crippen LogP contribution in [0.15, 0.2) is 0 Å². The summed E-state index contributed by atoms with van der Waals surface area (Å²) in [7, 11) is 1.78. The van der Waals surface area contributed by atoms with Gasteiger partial charge in [-0.1, -0.05) is 0 Å². The summed E-state index contributed by atoms with van der Waals surface area (Å²) in [5.41, 5.74) is 0. The molecule has 5 nitrogen and oxygen atoms in total. The molecule has 0 radical (unpaired) electrons. The van der Waals surface area contributed by atoms with Gasteiger partial charge in [0.2, 0.25) is 0 Å². The summed E-state index contributed by atoms with van der Waals surface area (Å²) in [6, 6.07) is 0.301. The second-order valence-corrected chi connectivity index (χ2v) is 5.56. The Kier molecular flexibility index (Phi) is 5.32. The van der Waals surface area contributed by atoms with Crippen molar-refractivity contribution >= 4 is 22.6 Å². The fourth-order valence-corrected chi connectivity index (χ4v) is 2.57. The zero-order chi connectivity index (χ0) is 10.1. The highest BCUT2D eigenvalue weighted by Crippen LogP contribution is 2.14. The van der Waals surface area contributed by atoms with Gasteiger partial charge in [0.15, 0.2) is 0 Å². The van der Waals surface area contributed by atoms with E-state index in [0.29, 0.717) is 19.1 Å². The molecule has 1 aliphatic rings. The summed E-state index contributed by atoms with van der Waals surface area (Å²) in [5, 5.41) is 3.08. The van der Waals surface area contributed by atoms with Crippen LogP contribution in [-0.4, -0.2) is 57.3 Å². The Morgan fingerprint density at radius 1 is 1.43 bits per heavy atom. The SMILES string of the molecule is CNC1CCN(S(=O)(=O)N(C)C)C1.Cl. The van der Waals surface area contributed by atoms with Gasteiger partial charge in [-0.3, -0.25) is 0 Å². The van der Waals surface area contributed by atoms with Crippen LogP contribution in [0.4, 0.5) is 0 Å². The van der Waals surface area contributed by atoms with E-state index in [1.165, 1.54) is 8.61 Å². The lowest BCUT2D eigenvalue weighted by molar-refractivity contribution is 0.414.